The number of nitrogens with zero attached hydrogens (tertiary/aromatic N) is 1. The van der Waals surface area contributed by atoms with Gasteiger partial charge in [0, 0.05) is 12.7 Å². The number of methoxy groups -OCH3 is 4. The Morgan fingerprint density at radius 1 is 1.11 bits per heavy atom. The molecule has 0 saturated carbocycles. The fourth-order valence-corrected chi connectivity index (χ4v) is 1.69. The Labute approximate surface area is 113 Å². The van der Waals surface area contributed by atoms with Crippen LogP contribution in [0.4, 0.5) is 0 Å². The molecule has 5 heteroatoms. The predicted molar refractivity (Wildman–Crippen MR) is 71.6 cm³/mol. The fourth-order valence-electron chi connectivity index (χ4n) is 1.69. The maximum atomic E-state index is 9.01. The van der Waals surface area contributed by atoms with Gasteiger partial charge < -0.3 is 18.9 Å². The lowest BCUT2D eigenvalue weighted by molar-refractivity contribution is 0.229. The van der Waals surface area contributed by atoms with Crippen LogP contribution in [0.3, 0.4) is 0 Å². The van der Waals surface area contributed by atoms with Crippen molar-refractivity contribution in [2.75, 3.05) is 35.0 Å². The highest BCUT2D eigenvalue weighted by Gasteiger charge is 2.14. The number of rotatable bonds is 6. The van der Waals surface area contributed by atoms with Gasteiger partial charge in [0.15, 0.2) is 11.5 Å². The molecule has 0 radical (unpaired) electrons. The molecule has 0 unspecified atom stereocenters. The smallest absolute Gasteiger partial charge is 0.203 e. The molecular weight excluding hydrogens is 246 g/mol. The molecule has 0 aromatic heterocycles. The van der Waals surface area contributed by atoms with E-state index in [1.165, 1.54) is 21.3 Å². The minimum absolute atomic E-state index is 0.244. The van der Waals surface area contributed by atoms with E-state index in [1.807, 2.05) is 0 Å². The van der Waals surface area contributed by atoms with Crippen LogP contribution in [0.25, 0.3) is 6.08 Å². The molecule has 1 rings (SSSR count). The summed E-state index contributed by atoms with van der Waals surface area (Å²) >= 11 is 0. The van der Waals surface area contributed by atoms with Gasteiger partial charge in [-0.2, -0.15) is 5.26 Å². The third-order valence-electron chi connectivity index (χ3n) is 2.51. The first-order chi connectivity index (χ1) is 9.21. The quantitative estimate of drug-likeness (QED) is 0.737. The van der Waals surface area contributed by atoms with Crippen LogP contribution in [-0.2, 0) is 4.74 Å². The molecule has 0 saturated heterocycles. The molecule has 5 nitrogen and oxygen atoms in total. The minimum atomic E-state index is 0.244. The van der Waals surface area contributed by atoms with Crippen molar-refractivity contribution in [2.45, 2.75) is 0 Å². The number of ether oxygens (including phenoxy) is 4. The predicted octanol–water partition coefficient (Wildman–Crippen LogP) is 2.27. The number of hydrogen-bond acceptors (Lipinski definition) is 5. The molecule has 0 aliphatic carbocycles. The van der Waals surface area contributed by atoms with Crippen molar-refractivity contribution in [3.8, 4) is 23.3 Å². The molecule has 1 aromatic carbocycles. The van der Waals surface area contributed by atoms with Crippen LogP contribution in [0.5, 0.6) is 17.2 Å². The lowest BCUT2D eigenvalue weighted by atomic mass is 10.1. The number of benzene rings is 1. The first kappa shape index (κ1) is 14.9. The average molecular weight is 263 g/mol. The highest BCUT2D eigenvalue weighted by atomic mass is 16.5. The van der Waals surface area contributed by atoms with E-state index < -0.39 is 0 Å². The molecule has 0 fully saturated rings. The van der Waals surface area contributed by atoms with Gasteiger partial charge in [-0.25, -0.2) is 0 Å². The summed E-state index contributed by atoms with van der Waals surface area (Å²) in [4.78, 5) is 0. The van der Waals surface area contributed by atoms with Gasteiger partial charge in [0.2, 0.25) is 5.75 Å². The molecule has 0 atom stereocenters. The van der Waals surface area contributed by atoms with Crippen molar-refractivity contribution in [3.63, 3.8) is 0 Å². The van der Waals surface area contributed by atoms with Crippen molar-refractivity contribution in [1.29, 1.82) is 5.26 Å². The Morgan fingerprint density at radius 3 is 2.26 bits per heavy atom. The third-order valence-corrected chi connectivity index (χ3v) is 2.51. The number of nitriles is 1. The Hall–Kier alpha value is -2.19. The van der Waals surface area contributed by atoms with Gasteiger partial charge in [0.05, 0.1) is 39.6 Å². The molecule has 19 heavy (non-hydrogen) atoms. The maximum Gasteiger partial charge on any atom is 0.203 e. The summed E-state index contributed by atoms with van der Waals surface area (Å²) in [5.41, 5.74) is 1.22. The lowest BCUT2D eigenvalue weighted by Gasteiger charge is -2.14. The molecule has 0 bridgehead atoms. The maximum absolute atomic E-state index is 9.01. The second-order valence-electron chi connectivity index (χ2n) is 3.64. The van der Waals surface area contributed by atoms with E-state index >= 15 is 0 Å². The molecule has 102 valence electrons. The van der Waals surface area contributed by atoms with Crippen LogP contribution in [0.1, 0.15) is 5.56 Å². The second-order valence-corrected chi connectivity index (χ2v) is 3.64. The summed E-state index contributed by atoms with van der Waals surface area (Å²) in [5, 5.41) is 9.01. The van der Waals surface area contributed by atoms with Crippen LogP contribution in [0, 0.1) is 11.3 Å². The molecule has 1 aromatic rings. The Bertz CT molecular complexity index is 503. The van der Waals surface area contributed by atoms with Crippen molar-refractivity contribution in [3.05, 3.63) is 23.3 Å². The summed E-state index contributed by atoms with van der Waals surface area (Å²) in [6, 6.07) is 5.64. The van der Waals surface area contributed by atoms with Crippen molar-refractivity contribution in [2.24, 2.45) is 0 Å². The van der Waals surface area contributed by atoms with E-state index in [0.717, 1.165) is 5.56 Å². The van der Waals surface area contributed by atoms with Gasteiger partial charge in [0.1, 0.15) is 0 Å². The van der Waals surface area contributed by atoms with Crippen LogP contribution >= 0.6 is 0 Å². The third kappa shape index (κ3) is 3.39. The Morgan fingerprint density at radius 2 is 1.79 bits per heavy atom. The van der Waals surface area contributed by atoms with Gasteiger partial charge in [-0.1, -0.05) is 0 Å². The van der Waals surface area contributed by atoms with E-state index in [1.54, 1.807) is 25.3 Å². The van der Waals surface area contributed by atoms with Crippen molar-refractivity contribution < 1.29 is 18.9 Å². The standard InChI is InChI=1S/C14H17NO4/c1-16-9-10(8-15)7-11-5-6-12(17-2)14(19-4)13(11)18-3/h5-7H,9H2,1-4H3/b10-7-. The molecule has 0 aliphatic heterocycles. The van der Waals surface area contributed by atoms with Gasteiger partial charge in [0.25, 0.3) is 0 Å². The summed E-state index contributed by atoms with van der Waals surface area (Å²) in [6.45, 7) is 0.244. The normalized spacial score (nSPS) is 10.8. The van der Waals surface area contributed by atoms with E-state index in [0.29, 0.717) is 22.8 Å². The van der Waals surface area contributed by atoms with Gasteiger partial charge >= 0.3 is 0 Å². The van der Waals surface area contributed by atoms with Gasteiger partial charge in [-0.05, 0) is 18.2 Å². The van der Waals surface area contributed by atoms with Crippen molar-refractivity contribution >= 4 is 6.08 Å². The average Bonchev–Trinajstić information content (AvgIpc) is 2.45. The summed E-state index contributed by atoms with van der Waals surface area (Å²) < 4.78 is 20.8. The molecule has 0 aliphatic rings. The second kappa shape index (κ2) is 7.29. The van der Waals surface area contributed by atoms with E-state index in [9.17, 15) is 0 Å². The topological polar surface area (TPSA) is 60.7 Å². The van der Waals surface area contributed by atoms with Gasteiger partial charge in [-0.3, -0.25) is 0 Å². The minimum Gasteiger partial charge on any atom is -0.493 e. The van der Waals surface area contributed by atoms with E-state index in [2.05, 4.69) is 6.07 Å². The highest BCUT2D eigenvalue weighted by molar-refractivity contribution is 5.69. The summed E-state index contributed by atoms with van der Waals surface area (Å²) in [5.74, 6) is 1.58. The van der Waals surface area contributed by atoms with E-state index in [-0.39, 0.29) is 6.61 Å². The summed E-state index contributed by atoms with van der Waals surface area (Å²) in [7, 11) is 6.17. The monoisotopic (exact) mass is 263 g/mol. The Balaban J connectivity index is 3.33. The zero-order valence-corrected chi connectivity index (χ0v) is 11.5. The van der Waals surface area contributed by atoms with Gasteiger partial charge in [-0.15, -0.1) is 0 Å². The zero-order chi connectivity index (χ0) is 14.3. The zero-order valence-electron chi connectivity index (χ0n) is 11.5. The van der Waals surface area contributed by atoms with Crippen LogP contribution in [-0.4, -0.2) is 35.0 Å². The van der Waals surface area contributed by atoms with E-state index in [4.69, 9.17) is 24.2 Å². The fraction of sp³-hybridized carbons (Fsp3) is 0.357. The molecular formula is C14H17NO4. The molecule has 0 heterocycles. The first-order valence-electron chi connectivity index (χ1n) is 5.60. The number of hydrogen-bond donors (Lipinski definition) is 0. The van der Waals surface area contributed by atoms with Crippen LogP contribution in [0.2, 0.25) is 0 Å². The Kier molecular flexibility index (Phi) is 5.71. The molecule has 0 N–H and O–H groups in total. The van der Waals surface area contributed by atoms with Crippen molar-refractivity contribution in [1.82, 2.24) is 0 Å². The lowest BCUT2D eigenvalue weighted by Crippen LogP contribution is -1.98. The van der Waals surface area contributed by atoms with Crippen LogP contribution < -0.4 is 14.2 Å². The molecule has 0 spiro atoms. The first-order valence-corrected chi connectivity index (χ1v) is 5.60. The largest absolute Gasteiger partial charge is 0.493 e. The SMILES string of the molecule is COC/C(C#N)=C\c1ccc(OC)c(OC)c1OC. The van der Waals surface area contributed by atoms with Crippen LogP contribution in [0.15, 0.2) is 17.7 Å². The highest BCUT2D eigenvalue weighted by Crippen LogP contribution is 2.40. The molecule has 0 amide bonds. The summed E-state index contributed by atoms with van der Waals surface area (Å²) in [6.07, 6.45) is 1.70.